The Bertz CT molecular complexity index is 908. The maximum atomic E-state index is 12.6. The number of hydrogen-bond donors (Lipinski definition) is 0. The fraction of sp³-hybridized carbons (Fsp3) is 0.350. The summed E-state index contributed by atoms with van der Waals surface area (Å²) in [4.78, 5) is 15.3. The first-order chi connectivity index (χ1) is 13.7. The summed E-state index contributed by atoms with van der Waals surface area (Å²) >= 11 is 1.56. The van der Waals surface area contributed by atoms with Crippen molar-refractivity contribution in [3.05, 3.63) is 47.7 Å². The average molecular weight is 399 g/mol. The van der Waals surface area contributed by atoms with E-state index in [0.717, 1.165) is 23.5 Å². The van der Waals surface area contributed by atoms with Gasteiger partial charge in [-0.25, -0.2) is 0 Å². The Morgan fingerprint density at radius 3 is 2.82 bits per heavy atom. The van der Waals surface area contributed by atoms with Gasteiger partial charge in [0.15, 0.2) is 6.61 Å². The monoisotopic (exact) mass is 399 g/mol. The zero-order chi connectivity index (χ0) is 19.3. The number of amides is 1. The van der Waals surface area contributed by atoms with Crippen LogP contribution in [0.5, 0.6) is 11.5 Å². The van der Waals surface area contributed by atoms with E-state index in [1.54, 1.807) is 42.7 Å². The molecule has 0 spiro atoms. The molecular weight excluding hydrogens is 378 g/mol. The van der Waals surface area contributed by atoms with Gasteiger partial charge in [0.2, 0.25) is 5.89 Å². The number of rotatable bonds is 6. The van der Waals surface area contributed by atoms with Crippen LogP contribution in [0.4, 0.5) is 0 Å². The molecule has 1 fully saturated rings. The molecule has 7 nitrogen and oxygen atoms in total. The summed E-state index contributed by atoms with van der Waals surface area (Å²) in [7, 11) is 1.61. The van der Waals surface area contributed by atoms with Gasteiger partial charge in [-0.15, -0.1) is 21.5 Å². The highest BCUT2D eigenvalue weighted by Gasteiger charge is 2.28. The summed E-state index contributed by atoms with van der Waals surface area (Å²) in [5, 5.41) is 10.3. The molecule has 0 saturated carbocycles. The number of carbonyl (C=O) groups is 1. The number of likely N-dealkylation sites (tertiary alicyclic amines) is 1. The minimum atomic E-state index is -0.0430. The van der Waals surface area contributed by atoms with Crippen LogP contribution in [0.2, 0.25) is 0 Å². The molecule has 1 aliphatic rings. The van der Waals surface area contributed by atoms with Crippen molar-refractivity contribution in [2.45, 2.75) is 18.8 Å². The van der Waals surface area contributed by atoms with E-state index in [1.807, 2.05) is 22.4 Å². The number of hydrogen-bond acceptors (Lipinski definition) is 7. The Labute approximate surface area is 166 Å². The lowest BCUT2D eigenvalue weighted by Crippen LogP contribution is -2.41. The lowest BCUT2D eigenvalue weighted by atomic mass is 9.98. The highest BCUT2D eigenvalue weighted by molar-refractivity contribution is 7.13. The largest absolute Gasteiger partial charge is 0.497 e. The van der Waals surface area contributed by atoms with E-state index in [0.29, 0.717) is 30.6 Å². The molecule has 0 N–H and O–H groups in total. The molecule has 4 rings (SSSR count). The summed E-state index contributed by atoms with van der Waals surface area (Å²) < 4.78 is 16.6. The van der Waals surface area contributed by atoms with Gasteiger partial charge >= 0.3 is 0 Å². The Balaban J connectivity index is 1.34. The van der Waals surface area contributed by atoms with Crippen LogP contribution in [0.25, 0.3) is 10.8 Å². The maximum Gasteiger partial charge on any atom is 0.260 e. The highest BCUT2D eigenvalue weighted by atomic mass is 32.1. The van der Waals surface area contributed by atoms with Gasteiger partial charge in [-0.1, -0.05) is 6.07 Å². The van der Waals surface area contributed by atoms with Crippen LogP contribution in [0, 0.1) is 0 Å². The predicted octanol–water partition coefficient (Wildman–Crippen LogP) is 3.59. The number of piperidine rings is 1. The Morgan fingerprint density at radius 2 is 2.07 bits per heavy atom. The third kappa shape index (κ3) is 4.17. The first kappa shape index (κ1) is 18.5. The molecule has 3 aromatic rings. The molecule has 1 aliphatic heterocycles. The fourth-order valence-electron chi connectivity index (χ4n) is 3.21. The summed E-state index contributed by atoms with van der Waals surface area (Å²) in [5.41, 5.74) is 0. The van der Waals surface area contributed by atoms with Crippen molar-refractivity contribution in [3.8, 4) is 22.3 Å². The number of carbonyl (C=O) groups excluding carboxylic acids is 1. The Hall–Kier alpha value is -2.87. The van der Waals surface area contributed by atoms with Gasteiger partial charge in [0.05, 0.1) is 17.9 Å². The summed E-state index contributed by atoms with van der Waals surface area (Å²) in [6.45, 7) is 1.29. The van der Waals surface area contributed by atoms with Crippen LogP contribution in [0.1, 0.15) is 24.7 Å². The summed E-state index contributed by atoms with van der Waals surface area (Å²) in [5.74, 6) is 2.53. The van der Waals surface area contributed by atoms with Gasteiger partial charge in [0, 0.05) is 13.1 Å². The molecule has 28 heavy (non-hydrogen) atoms. The van der Waals surface area contributed by atoms with Crippen molar-refractivity contribution >= 4 is 17.2 Å². The van der Waals surface area contributed by atoms with E-state index >= 15 is 0 Å². The molecule has 1 saturated heterocycles. The van der Waals surface area contributed by atoms with Gasteiger partial charge in [-0.3, -0.25) is 4.79 Å². The van der Waals surface area contributed by atoms with Crippen LogP contribution < -0.4 is 9.47 Å². The SMILES string of the molecule is COc1ccc(OCC(=O)N2CCCC(c3nnc(-c4cccs4)o3)C2)cc1. The molecule has 8 heteroatoms. The summed E-state index contributed by atoms with van der Waals surface area (Å²) in [6.07, 6.45) is 1.82. The van der Waals surface area contributed by atoms with E-state index in [1.165, 1.54) is 0 Å². The van der Waals surface area contributed by atoms with Crippen LogP contribution in [0.3, 0.4) is 0 Å². The van der Waals surface area contributed by atoms with E-state index in [2.05, 4.69) is 10.2 Å². The van der Waals surface area contributed by atoms with E-state index in [9.17, 15) is 4.79 Å². The topological polar surface area (TPSA) is 77.7 Å². The lowest BCUT2D eigenvalue weighted by molar-refractivity contribution is -0.134. The molecule has 2 aromatic heterocycles. The van der Waals surface area contributed by atoms with Gasteiger partial charge in [-0.2, -0.15) is 0 Å². The first-order valence-electron chi connectivity index (χ1n) is 9.15. The average Bonchev–Trinajstić information content (AvgIpc) is 3.44. The van der Waals surface area contributed by atoms with Gasteiger partial charge < -0.3 is 18.8 Å². The number of aromatic nitrogens is 2. The van der Waals surface area contributed by atoms with Crippen molar-refractivity contribution in [3.63, 3.8) is 0 Å². The second-order valence-corrected chi connectivity index (χ2v) is 7.51. The highest BCUT2D eigenvalue weighted by Crippen LogP contribution is 2.30. The predicted molar refractivity (Wildman–Crippen MR) is 105 cm³/mol. The number of thiophene rings is 1. The number of ether oxygens (including phenoxy) is 2. The van der Waals surface area contributed by atoms with Crippen LogP contribution in [-0.2, 0) is 4.79 Å². The number of methoxy groups -OCH3 is 1. The molecule has 146 valence electrons. The minimum Gasteiger partial charge on any atom is -0.497 e. The molecule has 1 atom stereocenters. The normalized spacial score (nSPS) is 16.8. The molecule has 1 unspecified atom stereocenters. The van der Waals surface area contributed by atoms with E-state index in [-0.39, 0.29) is 18.4 Å². The molecule has 0 aliphatic carbocycles. The molecule has 1 aromatic carbocycles. The molecule has 3 heterocycles. The van der Waals surface area contributed by atoms with Crippen molar-refractivity contribution < 1.29 is 18.7 Å². The van der Waals surface area contributed by atoms with Crippen LogP contribution in [-0.4, -0.2) is 47.8 Å². The van der Waals surface area contributed by atoms with Gasteiger partial charge in [0.1, 0.15) is 11.5 Å². The lowest BCUT2D eigenvalue weighted by Gasteiger charge is -2.31. The first-order valence-corrected chi connectivity index (χ1v) is 10.0. The number of benzene rings is 1. The van der Waals surface area contributed by atoms with Crippen molar-refractivity contribution in [1.82, 2.24) is 15.1 Å². The third-order valence-corrected chi connectivity index (χ3v) is 5.58. The van der Waals surface area contributed by atoms with E-state index in [4.69, 9.17) is 13.9 Å². The second kappa shape index (κ2) is 8.43. The number of nitrogens with zero attached hydrogens (tertiary/aromatic N) is 3. The van der Waals surface area contributed by atoms with Crippen LogP contribution in [0.15, 0.2) is 46.2 Å². The van der Waals surface area contributed by atoms with Crippen molar-refractivity contribution in [2.24, 2.45) is 0 Å². The standard InChI is InChI=1S/C20H21N3O4S/c1-25-15-6-8-16(9-7-15)26-13-18(24)23-10-2-4-14(12-23)19-21-22-20(27-19)17-5-3-11-28-17/h3,5-9,11,14H,2,4,10,12-13H2,1H3. The molecule has 1 amide bonds. The van der Waals surface area contributed by atoms with Crippen LogP contribution >= 0.6 is 11.3 Å². The Kier molecular flexibility index (Phi) is 5.57. The molecular formula is C20H21N3O4S. The maximum absolute atomic E-state index is 12.6. The van der Waals surface area contributed by atoms with Gasteiger partial charge in [-0.05, 0) is 48.6 Å². The zero-order valence-electron chi connectivity index (χ0n) is 15.5. The van der Waals surface area contributed by atoms with Gasteiger partial charge in [0.25, 0.3) is 11.8 Å². The van der Waals surface area contributed by atoms with Crippen molar-refractivity contribution in [1.29, 1.82) is 0 Å². The molecule has 0 radical (unpaired) electrons. The zero-order valence-corrected chi connectivity index (χ0v) is 16.4. The quantitative estimate of drug-likeness (QED) is 0.630. The van der Waals surface area contributed by atoms with E-state index < -0.39 is 0 Å². The van der Waals surface area contributed by atoms with Crippen molar-refractivity contribution in [2.75, 3.05) is 26.8 Å². The molecule has 0 bridgehead atoms. The minimum absolute atomic E-state index is 0.00330. The third-order valence-electron chi connectivity index (χ3n) is 4.72. The fourth-order valence-corrected chi connectivity index (χ4v) is 3.86. The smallest absolute Gasteiger partial charge is 0.260 e. The Morgan fingerprint density at radius 1 is 1.25 bits per heavy atom. The second-order valence-electron chi connectivity index (χ2n) is 6.57. The summed E-state index contributed by atoms with van der Waals surface area (Å²) in [6, 6.07) is 11.1.